The first-order valence-electron chi connectivity index (χ1n) is 7.02. The van der Waals surface area contributed by atoms with Crippen molar-refractivity contribution in [3.8, 4) is 0 Å². The lowest BCUT2D eigenvalue weighted by molar-refractivity contribution is -0.138. The van der Waals surface area contributed by atoms with E-state index in [-0.39, 0.29) is 23.9 Å². The summed E-state index contributed by atoms with van der Waals surface area (Å²) in [7, 11) is 0. The van der Waals surface area contributed by atoms with E-state index in [2.05, 4.69) is 5.32 Å². The molecular weight excluding hydrogens is 399 g/mol. The minimum atomic E-state index is -4.78. The van der Waals surface area contributed by atoms with Crippen molar-refractivity contribution in [2.75, 3.05) is 24.2 Å². The Morgan fingerprint density at radius 3 is 2.50 bits per heavy atom. The molecule has 12 heteroatoms. The van der Waals surface area contributed by atoms with Gasteiger partial charge in [0.25, 0.3) is 5.24 Å². The Morgan fingerprint density at radius 1 is 1.23 bits per heavy atom. The monoisotopic (exact) mass is 409 g/mol. The third kappa shape index (κ3) is 4.88. The molecule has 0 saturated carbocycles. The van der Waals surface area contributed by atoms with Crippen LogP contribution in [-0.4, -0.2) is 46.7 Å². The van der Waals surface area contributed by atoms with E-state index < -0.39 is 40.4 Å². The van der Waals surface area contributed by atoms with E-state index in [1.54, 1.807) is 0 Å². The van der Waals surface area contributed by atoms with Gasteiger partial charge in [0.05, 0.1) is 17.0 Å². The molecule has 0 unspecified atom stereocenters. The number of amides is 4. The van der Waals surface area contributed by atoms with Crippen LogP contribution in [-0.2, 0) is 20.6 Å². The van der Waals surface area contributed by atoms with Crippen molar-refractivity contribution in [2.24, 2.45) is 0 Å². The molecule has 1 saturated heterocycles. The summed E-state index contributed by atoms with van der Waals surface area (Å²) < 4.78 is 38.8. The van der Waals surface area contributed by atoms with Crippen LogP contribution < -0.4 is 10.6 Å². The van der Waals surface area contributed by atoms with Gasteiger partial charge in [-0.15, -0.1) is 0 Å². The number of nitrogens with zero attached hydrogens (tertiary/aromatic N) is 1. The standard InChI is InChI=1S/C14H11ClF3N3O4S/c15-7-1-2-9(8(5-7)14(16,17)18)20-12(24)11(23)19-3-4-21-10(22)6-26-13(21)25/h1-2,5H,3-4,6H2,(H,19,23)(H,20,24). The second-order valence-corrected chi connectivity index (χ2v) is 6.36. The van der Waals surface area contributed by atoms with Crippen LogP contribution in [0.15, 0.2) is 18.2 Å². The molecule has 1 aromatic rings. The maximum atomic E-state index is 12.9. The Balaban J connectivity index is 1.94. The normalized spacial score (nSPS) is 14.5. The van der Waals surface area contributed by atoms with E-state index >= 15 is 0 Å². The molecule has 0 aromatic heterocycles. The minimum absolute atomic E-state index is 0.00402. The van der Waals surface area contributed by atoms with Gasteiger partial charge in [0.15, 0.2) is 0 Å². The Kier molecular flexibility index (Phi) is 6.13. The van der Waals surface area contributed by atoms with E-state index in [1.807, 2.05) is 5.32 Å². The summed E-state index contributed by atoms with van der Waals surface area (Å²) in [5.41, 5.74) is -1.82. The average molecular weight is 410 g/mol. The van der Waals surface area contributed by atoms with Crippen molar-refractivity contribution in [1.82, 2.24) is 10.2 Å². The Labute approximate surface area is 154 Å². The summed E-state index contributed by atoms with van der Waals surface area (Å²) >= 11 is 6.34. The lowest BCUT2D eigenvalue weighted by atomic mass is 10.1. The smallest absolute Gasteiger partial charge is 0.346 e. The third-order valence-corrected chi connectivity index (χ3v) is 4.30. The third-order valence-electron chi connectivity index (χ3n) is 3.20. The van der Waals surface area contributed by atoms with E-state index in [9.17, 15) is 32.3 Å². The fourth-order valence-electron chi connectivity index (χ4n) is 2.00. The highest BCUT2D eigenvalue weighted by molar-refractivity contribution is 8.14. The Bertz CT molecular complexity index is 756. The summed E-state index contributed by atoms with van der Waals surface area (Å²) in [6.07, 6.45) is -4.78. The van der Waals surface area contributed by atoms with E-state index in [1.165, 1.54) is 0 Å². The number of thioether (sulfide) groups is 1. The summed E-state index contributed by atoms with van der Waals surface area (Å²) in [4.78, 5) is 47.1. The molecule has 4 amide bonds. The van der Waals surface area contributed by atoms with Gasteiger partial charge >= 0.3 is 18.0 Å². The molecule has 0 aliphatic carbocycles. The van der Waals surface area contributed by atoms with Crippen LogP contribution >= 0.6 is 23.4 Å². The number of benzene rings is 1. The van der Waals surface area contributed by atoms with Gasteiger partial charge in [0.2, 0.25) is 5.91 Å². The van der Waals surface area contributed by atoms with Gasteiger partial charge in [-0.1, -0.05) is 23.4 Å². The SMILES string of the molecule is O=C(NCCN1C(=O)CSC1=O)C(=O)Nc1ccc(Cl)cc1C(F)(F)F. The fraction of sp³-hybridized carbons (Fsp3) is 0.286. The number of carbonyl (C=O) groups excluding carboxylic acids is 4. The van der Waals surface area contributed by atoms with Gasteiger partial charge in [0.1, 0.15) is 0 Å². The highest BCUT2D eigenvalue weighted by Crippen LogP contribution is 2.36. The Morgan fingerprint density at radius 2 is 1.92 bits per heavy atom. The molecule has 0 radical (unpaired) electrons. The predicted octanol–water partition coefficient (Wildman–Crippen LogP) is 2.11. The molecule has 140 valence electrons. The summed E-state index contributed by atoms with van der Waals surface area (Å²) in [6, 6.07) is 2.68. The Hall–Kier alpha value is -2.27. The van der Waals surface area contributed by atoms with Crippen LogP contribution in [0.2, 0.25) is 5.02 Å². The number of imide groups is 1. The first-order chi connectivity index (χ1) is 12.1. The second-order valence-electron chi connectivity index (χ2n) is 5.00. The zero-order valence-electron chi connectivity index (χ0n) is 12.9. The number of anilines is 1. The molecule has 1 heterocycles. The van der Waals surface area contributed by atoms with E-state index in [4.69, 9.17) is 11.6 Å². The number of hydrogen-bond acceptors (Lipinski definition) is 5. The zero-order valence-corrected chi connectivity index (χ0v) is 14.4. The summed E-state index contributed by atoms with van der Waals surface area (Å²) in [5.74, 6) is -2.95. The van der Waals surface area contributed by atoms with Crippen LogP contribution in [0.25, 0.3) is 0 Å². The minimum Gasteiger partial charge on any atom is -0.346 e. The topological polar surface area (TPSA) is 95.6 Å². The van der Waals surface area contributed by atoms with Gasteiger partial charge in [0, 0.05) is 18.1 Å². The van der Waals surface area contributed by atoms with Crippen LogP contribution in [0.3, 0.4) is 0 Å². The molecule has 1 fully saturated rings. The van der Waals surface area contributed by atoms with Crippen LogP contribution in [0.4, 0.5) is 23.7 Å². The number of hydrogen-bond donors (Lipinski definition) is 2. The summed E-state index contributed by atoms with van der Waals surface area (Å²) in [6.45, 7) is -0.352. The lowest BCUT2D eigenvalue weighted by Crippen LogP contribution is -2.41. The van der Waals surface area contributed by atoms with Gasteiger partial charge in [-0.25, -0.2) is 0 Å². The molecule has 1 aliphatic rings. The molecule has 7 nitrogen and oxygen atoms in total. The first-order valence-corrected chi connectivity index (χ1v) is 8.39. The first kappa shape index (κ1) is 20.0. The lowest BCUT2D eigenvalue weighted by Gasteiger charge is -2.15. The summed E-state index contributed by atoms with van der Waals surface area (Å²) in [5, 5.41) is 3.33. The number of halogens is 4. The van der Waals surface area contributed by atoms with Crippen molar-refractivity contribution in [1.29, 1.82) is 0 Å². The average Bonchev–Trinajstić information content (AvgIpc) is 2.87. The molecular formula is C14H11ClF3N3O4S. The van der Waals surface area contributed by atoms with Crippen molar-refractivity contribution < 1.29 is 32.3 Å². The van der Waals surface area contributed by atoms with Gasteiger partial charge in [-0.3, -0.25) is 24.1 Å². The van der Waals surface area contributed by atoms with Crippen LogP contribution in [0.1, 0.15) is 5.56 Å². The number of nitrogens with one attached hydrogen (secondary N) is 2. The van der Waals surface area contributed by atoms with Crippen LogP contribution in [0.5, 0.6) is 0 Å². The molecule has 1 aliphatic heterocycles. The molecule has 2 N–H and O–H groups in total. The second kappa shape index (κ2) is 7.96. The van der Waals surface area contributed by atoms with E-state index in [0.717, 1.165) is 28.8 Å². The molecule has 0 bridgehead atoms. The van der Waals surface area contributed by atoms with Crippen molar-refractivity contribution in [3.63, 3.8) is 0 Å². The number of carbonyl (C=O) groups is 4. The maximum absolute atomic E-state index is 12.9. The molecule has 0 atom stereocenters. The van der Waals surface area contributed by atoms with E-state index in [0.29, 0.717) is 6.07 Å². The quantitative estimate of drug-likeness (QED) is 0.743. The van der Waals surface area contributed by atoms with Gasteiger partial charge in [-0.05, 0) is 18.2 Å². The van der Waals surface area contributed by atoms with Crippen molar-refractivity contribution in [2.45, 2.75) is 6.18 Å². The molecule has 0 spiro atoms. The zero-order chi connectivity index (χ0) is 19.5. The maximum Gasteiger partial charge on any atom is 0.418 e. The van der Waals surface area contributed by atoms with Crippen molar-refractivity contribution >= 4 is 52.0 Å². The highest BCUT2D eigenvalue weighted by atomic mass is 35.5. The number of alkyl halides is 3. The highest BCUT2D eigenvalue weighted by Gasteiger charge is 2.35. The molecule has 1 aromatic carbocycles. The van der Waals surface area contributed by atoms with Crippen LogP contribution in [0, 0.1) is 0 Å². The predicted molar refractivity (Wildman–Crippen MR) is 87.7 cm³/mol. The van der Waals surface area contributed by atoms with Crippen molar-refractivity contribution in [3.05, 3.63) is 28.8 Å². The largest absolute Gasteiger partial charge is 0.418 e. The molecule has 2 rings (SSSR count). The fourth-order valence-corrected chi connectivity index (χ4v) is 2.92. The number of rotatable bonds is 4. The van der Waals surface area contributed by atoms with Gasteiger partial charge < -0.3 is 10.6 Å². The van der Waals surface area contributed by atoms with Gasteiger partial charge in [-0.2, -0.15) is 13.2 Å². The molecule has 26 heavy (non-hydrogen) atoms.